The molecule has 0 atom stereocenters. The van der Waals surface area contributed by atoms with Crippen LogP contribution in [0.25, 0.3) is 12.2 Å². The molecule has 2 aromatic carbocycles. The second-order valence-corrected chi connectivity index (χ2v) is 7.35. The number of pyridine rings is 1. The van der Waals surface area contributed by atoms with Crippen LogP contribution in [0.15, 0.2) is 72.9 Å². The van der Waals surface area contributed by atoms with Gasteiger partial charge in [0.25, 0.3) is 5.91 Å². The van der Waals surface area contributed by atoms with Gasteiger partial charge in [-0.05, 0) is 66.4 Å². The second-order valence-electron chi connectivity index (χ2n) is 7.35. The quantitative estimate of drug-likeness (QED) is 0.517. The Morgan fingerprint density at radius 3 is 2.52 bits per heavy atom. The van der Waals surface area contributed by atoms with E-state index in [1.165, 1.54) is 0 Å². The number of benzene rings is 2. The van der Waals surface area contributed by atoms with E-state index in [0.717, 1.165) is 29.1 Å². The van der Waals surface area contributed by atoms with E-state index in [1.807, 2.05) is 78.9 Å². The number of amides is 1. The van der Waals surface area contributed by atoms with Crippen molar-refractivity contribution in [1.29, 1.82) is 0 Å². The maximum Gasteiger partial charge on any atom is 0.251 e. The number of aromatic nitrogens is 1. The van der Waals surface area contributed by atoms with Gasteiger partial charge in [-0.3, -0.25) is 9.78 Å². The van der Waals surface area contributed by atoms with Crippen molar-refractivity contribution in [3.8, 4) is 0 Å². The van der Waals surface area contributed by atoms with Gasteiger partial charge >= 0.3 is 0 Å². The molecule has 0 fully saturated rings. The SMILES string of the molecule is CC(C)CCNC(=O)c1cccc(Nc2ccc(/C=C/c3ccccn3)cc2)c1. The standard InChI is InChI=1S/C25H27N3O/c1-19(2)15-17-27-25(29)21-6-5-8-24(18-21)28-23-13-10-20(11-14-23)9-12-22-7-3-4-16-26-22/h3-14,16,18-19,28H,15,17H2,1-2H3,(H,27,29)/b12-9+. The molecular weight excluding hydrogens is 358 g/mol. The minimum atomic E-state index is -0.0377. The van der Waals surface area contributed by atoms with Gasteiger partial charge in [0.1, 0.15) is 0 Å². The van der Waals surface area contributed by atoms with E-state index < -0.39 is 0 Å². The minimum Gasteiger partial charge on any atom is -0.356 e. The molecule has 3 aromatic rings. The Morgan fingerprint density at radius 2 is 1.79 bits per heavy atom. The van der Waals surface area contributed by atoms with Gasteiger partial charge in [0.05, 0.1) is 5.69 Å². The summed E-state index contributed by atoms with van der Waals surface area (Å²) in [5.74, 6) is 0.536. The first-order chi connectivity index (χ1) is 14.1. The molecule has 1 aromatic heterocycles. The van der Waals surface area contributed by atoms with E-state index in [4.69, 9.17) is 0 Å². The third kappa shape index (κ3) is 6.61. The lowest BCUT2D eigenvalue weighted by molar-refractivity contribution is 0.0952. The van der Waals surface area contributed by atoms with Crippen molar-refractivity contribution in [1.82, 2.24) is 10.3 Å². The zero-order valence-electron chi connectivity index (χ0n) is 16.9. The number of nitrogens with one attached hydrogen (secondary N) is 2. The molecule has 4 nitrogen and oxygen atoms in total. The largest absolute Gasteiger partial charge is 0.356 e. The summed E-state index contributed by atoms with van der Waals surface area (Å²) < 4.78 is 0. The topological polar surface area (TPSA) is 54.0 Å². The molecule has 1 heterocycles. The Bertz CT molecular complexity index is 947. The molecule has 0 unspecified atom stereocenters. The van der Waals surface area contributed by atoms with E-state index in [2.05, 4.69) is 29.5 Å². The van der Waals surface area contributed by atoms with Crippen LogP contribution < -0.4 is 10.6 Å². The summed E-state index contributed by atoms with van der Waals surface area (Å²) in [6.45, 7) is 4.99. The summed E-state index contributed by atoms with van der Waals surface area (Å²) >= 11 is 0. The van der Waals surface area contributed by atoms with Crippen LogP contribution in [0.5, 0.6) is 0 Å². The molecule has 2 N–H and O–H groups in total. The summed E-state index contributed by atoms with van der Waals surface area (Å²) in [7, 11) is 0. The molecule has 0 bridgehead atoms. The maximum absolute atomic E-state index is 12.3. The van der Waals surface area contributed by atoms with E-state index in [0.29, 0.717) is 18.0 Å². The lowest BCUT2D eigenvalue weighted by Gasteiger charge is -2.10. The monoisotopic (exact) mass is 385 g/mol. The van der Waals surface area contributed by atoms with Crippen LogP contribution in [-0.2, 0) is 0 Å². The highest BCUT2D eigenvalue weighted by Gasteiger charge is 2.06. The highest BCUT2D eigenvalue weighted by atomic mass is 16.1. The van der Waals surface area contributed by atoms with Crippen LogP contribution in [0, 0.1) is 5.92 Å². The summed E-state index contributed by atoms with van der Waals surface area (Å²) in [5.41, 5.74) is 4.54. The van der Waals surface area contributed by atoms with Crippen LogP contribution >= 0.6 is 0 Å². The minimum absolute atomic E-state index is 0.0377. The molecule has 0 saturated heterocycles. The average Bonchev–Trinajstić information content (AvgIpc) is 2.74. The fourth-order valence-electron chi connectivity index (χ4n) is 2.82. The van der Waals surface area contributed by atoms with Gasteiger partial charge in [-0.1, -0.05) is 44.2 Å². The lowest BCUT2D eigenvalue weighted by atomic mass is 10.1. The zero-order chi connectivity index (χ0) is 20.5. The van der Waals surface area contributed by atoms with E-state index in [1.54, 1.807) is 6.20 Å². The fourth-order valence-corrected chi connectivity index (χ4v) is 2.82. The number of carbonyl (C=O) groups is 1. The summed E-state index contributed by atoms with van der Waals surface area (Å²) in [5, 5.41) is 6.33. The van der Waals surface area contributed by atoms with Crippen molar-refractivity contribution in [3.63, 3.8) is 0 Å². The average molecular weight is 386 g/mol. The molecule has 29 heavy (non-hydrogen) atoms. The fraction of sp³-hybridized carbons (Fsp3) is 0.200. The third-order valence-corrected chi connectivity index (χ3v) is 4.47. The summed E-state index contributed by atoms with van der Waals surface area (Å²) in [6.07, 6.45) is 6.79. The van der Waals surface area contributed by atoms with Crippen LogP contribution in [0.1, 0.15) is 41.9 Å². The summed E-state index contributed by atoms with van der Waals surface area (Å²) in [6, 6.07) is 21.5. The molecule has 0 aliphatic carbocycles. The van der Waals surface area contributed by atoms with Crippen molar-refractivity contribution < 1.29 is 4.79 Å². The number of anilines is 2. The molecule has 1 amide bonds. The molecule has 3 rings (SSSR count). The highest BCUT2D eigenvalue weighted by molar-refractivity contribution is 5.95. The van der Waals surface area contributed by atoms with Gasteiger partial charge in [0.15, 0.2) is 0 Å². The molecule has 4 heteroatoms. The van der Waals surface area contributed by atoms with Gasteiger partial charge in [-0.15, -0.1) is 0 Å². The molecule has 0 radical (unpaired) electrons. The van der Waals surface area contributed by atoms with Gasteiger partial charge in [-0.25, -0.2) is 0 Å². The van der Waals surface area contributed by atoms with Crippen LogP contribution in [0.3, 0.4) is 0 Å². The smallest absolute Gasteiger partial charge is 0.251 e. The first-order valence-corrected chi connectivity index (χ1v) is 9.94. The van der Waals surface area contributed by atoms with Crippen molar-refractivity contribution in [2.24, 2.45) is 5.92 Å². The van der Waals surface area contributed by atoms with Crippen molar-refractivity contribution >= 4 is 29.4 Å². The first-order valence-electron chi connectivity index (χ1n) is 9.94. The third-order valence-electron chi connectivity index (χ3n) is 4.47. The van der Waals surface area contributed by atoms with Crippen LogP contribution in [0.2, 0.25) is 0 Å². The first kappa shape index (κ1) is 20.3. The Hall–Kier alpha value is -3.40. The zero-order valence-corrected chi connectivity index (χ0v) is 16.9. The Balaban J connectivity index is 1.60. The number of rotatable bonds is 8. The number of carbonyl (C=O) groups excluding carboxylic acids is 1. The molecule has 0 aliphatic rings. The van der Waals surface area contributed by atoms with Gasteiger partial charge in [-0.2, -0.15) is 0 Å². The molecule has 148 valence electrons. The van der Waals surface area contributed by atoms with Crippen LogP contribution in [0.4, 0.5) is 11.4 Å². The van der Waals surface area contributed by atoms with Crippen molar-refractivity contribution in [2.45, 2.75) is 20.3 Å². The van der Waals surface area contributed by atoms with Gasteiger partial charge in [0.2, 0.25) is 0 Å². The van der Waals surface area contributed by atoms with E-state index in [9.17, 15) is 4.79 Å². The number of nitrogens with zero attached hydrogens (tertiary/aromatic N) is 1. The van der Waals surface area contributed by atoms with Gasteiger partial charge < -0.3 is 10.6 Å². The summed E-state index contributed by atoms with van der Waals surface area (Å²) in [4.78, 5) is 16.6. The molecular formula is C25H27N3O. The highest BCUT2D eigenvalue weighted by Crippen LogP contribution is 2.19. The van der Waals surface area contributed by atoms with E-state index in [-0.39, 0.29) is 5.91 Å². The Kier molecular flexibility index (Phi) is 7.17. The number of hydrogen-bond donors (Lipinski definition) is 2. The molecule has 0 saturated carbocycles. The van der Waals surface area contributed by atoms with Crippen LogP contribution in [-0.4, -0.2) is 17.4 Å². The Morgan fingerprint density at radius 1 is 0.966 bits per heavy atom. The van der Waals surface area contributed by atoms with Crippen molar-refractivity contribution in [2.75, 3.05) is 11.9 Å². The van der Waals surface area contributed by atoms with Gasteiger partial charge in [0, 0.05) is 29.7 Å². The predicted octanol–water partition coefficient (Wildman–Crippen LogP) is 5.77. The molecule has 0 aliphatic heterocycles. The predicted molar refractivity (Wildman–Crippen MR) is 121 cm³/mol. The van der Waals surface area contributed by atoms with Crippen molar-refractivity contribution in [3.05, 3.63) is 89.7 Å². The lowest BCUT2D eigenvalue weighted by Crippen LogP contribution is -2.25. The van der Waals surface area contributed by atoms with E-state index >= 15 is 0 Å². The number of hydrogen-bond acceptors (Lipinski definition) is 3. The Labute approximate surface area is 172 Å². The molecule has 0 spiro atoms. The second kappa shape index (κ2) is 10.2. The maximum atomic E-state index is 12.3. The normalized spacial score (nSPS) is 11.0.